The quantitative estimate of drug-likeness (QED) is 0.750. The van der Waals surface area contributed by atoms with Gasteiger partial charge in [0.05, 0.1) is 6.10 Å². The maximum absolute atomic E-state index is 12.9. The molecular formula is C12H20F2O2. The molecule has 1 aliphatic rings. The van der Waals surface area contributed by atoms with Gasteiger partial charge in [-0.15, -0.1) is 0 Å². The Labute approximate surface area is 95.4 Å². The topological polar surface area (TPSA) is 26.3 Å². The summed E-state index contributed by atoms with van der Waals surface area (Å²) in [7, 11) is 0. The molecule has 1 heterocycles. The molecule has 1 rings (SSSR count). The fraction of sp³-hybridized carbons (Fsp3) is 0.917. The Bertz CT molecular complexity index is 262. The first-order valence-corrected chi connectivity index (χ1v) is 5.70. The van der Waals surface area contributed by atoms with Crippen LogP contribution in [0.25, 0.3) is 0 Å². The standard InChI is InChI=1S/C12H20F2O2/c1-8(2)10(15)11(3,4)9-5-6-12(13,14)7-16-9/h8-9H,5-7H2,1-4H3. The molecule has 1 atom stereocenters. The summed E-state index contributed by atoms with van der Waals surface area (Å²) in [5, 5.41) is 0. The lowest BCUT2D eigenvalue weighted by atomic mass is 9.75. The summed E-state index contributed by atoms with van der Waals surface area (Å²) in [6.07, 6.45) is -0.327. The van der Waals surface area contributed by atoms with Crippen LogP contribution in [0.3, 0.4) is 0 Å². The van der Waals surface area contributed by atoms with E-state index in [2.05, 4.69) is 0 Å². The van der Waals surface area contributed by atoms with Crippen LogP contribution in [-0.2, 0) is 9.53 Å². The third-order valence-electron chi connectivity index (χ3n) is 3.23. The Morgan fingerprint density at radius 3 is 2.38 bits per heavy atom. The highest BCUT2D eigenvalue weighted by Gasteiger charge is 2.45. The Morgan fingerprint density at radius 1 is 1.44 bits per heavy atom. The van der Waals surface area contributed by atoms with Crippen LogP contribution >= 0.6 is 0 Å². The van der Waals surface area contributed by atoms with Crippen molar-refractivity contribution in [2.45, 2.75) is 52.6 Å². The van der Waals surface area contributed by atoms with Gasteiger partial charge in [-0.05, 0) is 6.42 Å². The predicted molar refractivity (Wildman–Crippen MR) is 57.5 cm³/mol. The summed E-state index contributed by atoms with van der Waals surface area (Å²) in [4.78, 5) is 12.0. The third-order valence-corrected chi connectivity index (χ3v) is 3.23. The largest absolute Gasteiger partial charge is 0.371 e. The number of ketones is 1. The molecule has 0 amide bonds. The van der Waals surface area contributed by atoms with Crippen LogP contribution in [-0.4, -0.2) is 24.4 Å². The Kier molecular flexibility index (Phi) is 3.72. The Hall–Kier alpha value is -0.510. The van der Waals surface area contributed by atoms with Gasteiger partial charge in [0.1, 0.15) is 12.4 Å². The van der Waals surface area contributed by atoms with Gasteiger partial charge in [0.2, 0.25) is 0 Å². The fourth-order valence-electron chi connectivity index (χ4n) is 2.19. The minimum Gasteiger partial charge on any atom is -0.371 e. The van der Waals surface area contributed by atoms with Crippen LogP contribution in [0.15, 0.2) is 0 Å². The monoisotopic (exact) mass is 234 g/mol. The summed E-state index contributed by atoms with van der Waals surface area (Å²) in [6, 6.07) is 0. The number of Topliss-reactive ketones (excluding diaryl/α,β-unsaturated/α-hetero) is 1. The van der Waals surface area contributed by atoms with Gasteiger partial charge in [0.25, 0.3) is 5.92 Å². The number of hydrogen-bond donors (Lipinski definition) is 0. The molecule has 94 valence electrons. The molecule has 1 saturated heterocycles. The van der Waals surface area contributed by atoms with E-state index in [4.69, 9.17) is 4.74 Å². The molecule has 16 heavy (non-hydrogen) atoms. The molecule has 0 radical (unpaired) electrons. The molecule has 0 spiro atoms. The molecule has 1 unspecified atom stereocenters. The number of rotatable bonds is 3. The lowest BCUT2D eigenvalue weighted by Crippen LogP contribution is -2.46. The molecule has 0 aromatic carbocycles. The highest BCUT2D eigenvalue weighted by molar-refractivity contribution is 5.86. The Balaban J connectivity index is 2.68. The molecule has 0 bridgehead atoms. The van der Waals surface area contributed by atoms with Crippen LogP contribution in [0.4, 0.5) is 8.78 Å². The van der Waals surface area contributed by atoms with E-state index in [1.54, 1.807) is 13.8 Å². The van der Waals surface area contributed by atoms with Crippen molar-refractivity contribution in [1.29, 1.82) is 0 Å². The summed E-state index contributed by atoms with van der Waals surface area (Å²) in [5.74, 6) is -2.75. The second-order valence-corrected chi connectivity index (χ2v) is 5.43. The first-order chi connectivity index (χ1) is 7.17. The smallest absolute Gasteiger partial charge is 0.271 e. The van der Waals surface area contributed by atoms with E-state index >= 15 is 0 Å². The van der Waals surface area contributed by atoms with E-state index in [1.165, 1.54) is 0 Å². The van der Waals surface area contributed by atoms with Gasteiger partial charge in [-0.1, -0.05) is 27.7 Å². The summed E-state index contributed by atoms with van der Waals surface area (Å²) >= 11 is 0. The molecule has 0 aliphatic carbocycles. The van der Waals surface area contributed by atoms with Crippen LogP contribution < -0.4 is 0 Å². The second-order valence-electron chi connectivity index (χ2n) is 5.43. The van der Waals surface area contributed by atoms with E-state index < -0.39 is 17.9 Å². The zero-order valence-electron chi connectivity index (χ0n) is 10.3. The Morgan fingerprint density at radius 2 is 2.00 bits per heavy atom. The number of alkyl halides is 2. The van der Waals surface area contributed by atoms with Gasteiger partial charge in [-0.2, -0.15) is 0 Å². The van der Waals surface area contributed by atoms with Crippen LogP contribution in [0.1, 0.15) is 40.5 Å². The highest BCUT2D eigenvalue weighted by Crippen LogP contribution is 2.37. The lowest BCUT2D eigenvalue weighted by Gasteiger charge is -2.38. The van der Waals surface area contributed by atoms with E-state index in [0.29, 0.717) is 0 Å². The second kappa shape index (κ2) is 4.40. The van der Waals surface area contributed by atoms with E-state index in [9.17, 15) is 13.6 Å². The van der Waals surface area contributed by atoms with Crippen LogP contribution in [0.2, 0.25) is 0 Å². The predicted octanol–water partition coefficient (Wildman–Crippen LogP) is 3.05. The normalized spacial score (nSPS) is 25.8. The molecule has 0 saturated carbocycles. The van der Waals surface area contributed by atoms with Gasteiger partial charge in [-0.25, -0.2) is 8.78 Å². The minimum atomic E-state index is -2.73. The number of ether oxygens (including phenoxy) is 1. The van der Waals surface area contributed by atoms with Crippen molar-refractivity contribution in [1.82, 2.24) is 0 Å². The van der Waals surface area contributed by atoms with Crippen LogP contribution in [0.5, 0.6) is 0 Å². The average molecular weight is 234 g/mol. The molecule has 2 nitrogen and oxygen atoms in total. The summed E-state index contributed by atoms with van der Waals surface area (Å²) in [6.45, 7) is 6.64. The minimum absolute atomic E-state index is 0.0720. The first-order valence-electron chi connectivity index (χ1n) is 5.70. The van der Waals surface area contributed by atoms with Crippen molar-refractivity contribution in [3.8, 4) is 0 Å². The van der Waals surface area contributed by atoms with E-state index in [-0.39, 0.29) is 30.6 Å². The van der Waals surface area contributed by atoms with Gasteiger partial charge < -0.3 is 4.74 Å². The zero-order valence-corrected chi connectivity index (χ0v) is 10.3. The molecule has 0 aromatic heterocycles. The van der Waals surface area contributed by atoms with Crippen molar-refractivity contribution in [2.75, 3.05) is 6.61 Å². The molecule has 4 heteroatoms. The summed E-state index contributed by atoms with van der Waals surface area (Å²) < 4.78 is 31.0. The van der Waals surface area contributed by atoms with Crippen molar-refractivity contribution in [3.63, 3.8) is 0 Å². The third kappa shape index (κ3) is 2.78. The van der Waals surface area contributed by atoms with Crippen molar-refractivity contribution >= 4 is 5.78 Å². The van der Waals surface area contributed by atoms with Crippen molar-refractivity contribution < 1.29 is 18.3 Å². The fourth-order valence-corrected chi connectivity index (χ4v) is 2.19. The average Bonchev–Trinajstić information content (AvgIpc) is 2.15. The molecule has 1 aliphatic heterocycles. The number of halogens is 2. The van der Waals surface area contributed by atoms with Crippen LogP contribution in [0, 0.1) is 11.3 Å². The van der Waals surface area contributed by atoms with Crippen molar-refractivity contribution in [2.24, 2.45) is 11.3 Å². The molecule has 1 fully saturated rings. The maximum atomic E-state index is 12.9. The van der Waals surface area contributed by atoms with Gasteiger partial charge in [0.15, 0.2) is 0 Å². The number of hydrogen-bond acceptors (Lipinski definition) is 2. The number of carbonyl (C=O) groups is 1. The van der Waals surface area contributed by atoms with Crippen molar-refractivity contribution in [3.05, 3.63) is 0 Å². The molecular weight excluding hydrogens is 214 g/mol. The highest BCUT2D eigenvalue weighted by atomic mass is 19.3. The maximum Gasteiger partial charge on any atom is 0.271 e. The molecule has 0 N–H and O–H groups in total. The van der Waals surface area contributed by atoms with E-state index in [1.807, 2.05) is 13.8 Å². The van der Waals surface area contributed by atoms with E-state index in [0.717, 1.165) is 0 Å². The van der Waals surface area contributed by atoms with Gasteiger partial charge >= 0.3 is 0 Å². The summed E-state index contributed by atoms with van der Waals surface area (Å²) in [5.41, 5.74) is -0.676. The molecule has 0 aromatic rings. The van der Waals surface area contributed by atoms with Gasteiger partial charge in [-0.3, -0.25) is 4.79 Å². The SMILES string of the molecule is CC(C)C(=O)C(C)(C)C1CCC(F)(F)CO1. The zero-order chi connectivity index (χ0) is 12.6. The lowest BCUT2D eigenvalue weighted by molar-refractivity contribution is -0.176. The first kappa shape index (κ1) is 13.6. The number of carbonyl (C=O) groups excluding carboxylic acids is 1. The van der Waals surface area contributed by atoms with Gasteiger partial charge in [0, 0.05) is 17.8 Å².